The molecule has 0 spiro atoms. The minimum absolute atomic E-state index is 0.346. The van der Waals surface area contributed by atoms with Crippen LogP contribution in [-0.2, 0) is 6.61 Å². The molecule has 2 rings (SSSR count). The fraction of sp³-hybridized carbons (Fsp3) is 0.154. The van der Waals surface area contributed by atoms with Crippen LogP contribution in [0.5, 0.6) is 5.75 Å². The molecule has 0 saturated heterocycles. The van der Waals surface area contributed by atoms with Crippen LogP contribution in [0.2, 0.25) is 15.1 Å². The Hall–Kier alpha value is -1.16. The number of halogens is 3. The third kappa shape index (κ3) is 3.66. The van der Waals surface area contributed by atoms with E-state index in [1.54, 1.807) is 25.4 Å². The van der Waals surface area contributed by atoms with Crippen LogP contribution in [0.1, 0.15) is 5.56 Å². The van der Waals surface area contributed by atoms with Crippen LogP contribution in [0, 0.1) is 0 Å². The lowest BCUT2D eigenvalue weighted by molar-refractivity contribution is 0.306. The van der Waals surface area contributed by atoms with Crippen LogP contribution in [0.3, 0.4) is 0 Å². The molecule has 3 nitrogen and oxygen atoms in total. The van der Waals surface area contributed by atoms with Crippen LogP contribution >= 0.6 is 34.8 Å². The summed E-state index contributed by atoms with van der Waals surface area (Å²) in [5.41, 5.74) is 0.960. The summed E-state index contributed by atoms with van der Waals surface area (Å²) in [5.74, 6) is 1.20. The van der Waals surface area contributed by atoms with Gasteiger partial charge in [-0.25, -0.2) is 4.98 Å². The summed E-state index contributed by atoms with van der Waals surface area (Å²) in [6.07, 6.45) is 1.70. The second-order valence-electron chi connectivity index (χ2n) is 3.79. The summed E-state index contributed by atoms with van der Waals surface area (Å²) >= 11 is 17.9. The lowest BCUT2D eigenvalue weighted by Crippen LogP contribution is -1.99. The van der Waals surface area contributed by atoms with E-state index in [4.69, 9.17) is 39.5 Å². The first kappa shape index (κ1) is 14.3. The summed E-state index contributed by atoms with van der Waals surface area (Å²) in [7, 11) is 1.81. The van der Waals surface area contributed by atoms with Crippen molar-refractivity contribution in [2.45, 2.75) is 6.61 Å². The molecule has 0 unspecified atom stereocenters. The Morgan fingerprint density at radius 3 is 2.47 bits per heavy atom. The summed E-state index contributed by atoms with van der Waals surface area (Å²) in [5, 5.41) is 4.21. The number of hydrogen-bond donors (Lipinski definition) is 1. The van der Waals surface area contributed by atoms with Crippen molar-refractivity contribution in [3.05, 3.63) is 51.1 Å². The van der Waals surface area contributed by atoms with E-state index < -0.39 is 0 Å². The monoisotopic (exact) mass is 316 g/mol. The standard InChI is InChI=1S/C13H11Cl3N2O/c1-17-12-4-8(2-3-18-12)7-19-13-10(15)5-9(14)6-11(13)16/h2-6H,7H2,1H3,(H,17,18). The third-order valence-corrected chi connectivity index (χ3v) is 3.21. The van der Waals surface area contributed by atoms with Crippen molar-refractivity contribution in [2.75, 3.05) is 12.4 Å². The van der Waals surface area contributed by atoms with Crippen molar-refractivity contribution in [1.29, 1.82) is 0 Å². The first-order valence-corrected chi connectivity index (χ1v) is 6.63. The third-order valence-electron chi connectivity index (χ3n) is 2.43. The van der Waals surface area contributed by atoms with Crippen LogP contribution in [-0.4, -0.2) is 12.0 Å². The first-order chi connectivity index (χ1) is 9.10. The van der Waals surface area contributed by atoms with E-state index in [9.17, 15) is 0 Å². The van der Waals surface area contributed by atoms with Crippen molar-refractivity contribution < 1.29 is 4.74 Å². The molecule has 0 fully saturated rings. The van der Waals surface area contributed by atoms with E-state index in [-0.39, 0.29) is 0 Å². The molecule has 0 aliphatic heterocycles. The molecule has 1 heterocycles. The number of rotatable bonds is 4. The molecule has 0 atom stereocenters. The summed E-state index contributed by atoms with van der Waals surface area (Å²) in [4.78, 5) is 4.12. The van der Waals surface area contributed by atoms with Crippen molar-refractivity contribution in [3.8, 4) is 5.75 Å². The maximum Gasteiger partial charge on any atom is 0.157 e. The normalized spacial score (nSPS) is 10.3. The minimum Gasteiger partial charge on any atom is -0.486 e. The Kier molecular flexibility index (Phi) is 4.75. The molecule has 0 aliphatic carbocycles. The summed E-state index contributed by atoms with van der Waals surface area (Å²) < 4.78 is 5.63. The maximum absolute atomic E-state index is 6.04. The van der Waals surface area contributed by atoms with Gasteiger partial charge in [-0.2, -0.15) is 0 Å². The second kappa shape index (κ2) is 6.33. The zero-order chi connectivity index (χ0) is 13.8. The van der Waals surface area contributed by atoms with Crippen molar-refractivity contribution in [1.82, 2.24) is 4.98 Å². The molecular formula is C13H11Cl3N2O. The van der Waals surface area contributed by atoms with E-state index in [1.165, 1.54) is 0 Å². The highest BCUT2D eigenvalue weighted by Crippen LogP contribution is 2.36. The van der Waals surface area contributed by atoms with Gasteiger partial charge >= 0.3 is 0 Å². The molecular weight excluding hydrogens is 307 g/mol. The van der Waals surface area contributed by atoms with Gasteiger partial charge in [-0.05, 0) is 29.8 Å². The van der Waals surface area contributed by atoms with Crippen molar-refractivity contribution >= 4 is 40.6 Å². The predicted octanol–water partition coefficient (Wildman–Crippen LogP) is 4.66. The van der Waals surface area contributed by atoms with Crippen LogP contribution in [0.4, 0.5) is 5.82 Å². The Morgan fingerprint density at radius 2 is 1.84 bits per heavy atom. The number of ether oxygens (including phenoxy) is 1. The topological polar surface area (TPSA) is 34.1 Å². The average Bonchev–Trinajstić information content (AvgIpc) is 2.37. The largest absolute Gasteiger partial charge is 0.486 e. The number of aromatic nitrogens is 1. The number of benzene rings is 1. The van der Waals surface area contributed by atoms with Crippen LogP contribution in [0.15, 0.2) is 30.5 Å². The zero-order valence-electron chi connectivity index (χ0n) is 10.1. The summed E-state index contributed by atoms with van der Waals surface area (Å²) in [6, 6.07) is 6.93. The van der Waals surface area contributed by atoms with Gasteiger partial charge in [0.1, 0.15) is 12.4 Å². The number of hydrogen-bond acceptors (Lipinski definition) is 3. The highest BCUT2D eigenvalue weighted by molar-refractivity contribution is 6.40. The quantitative estimate of drug-likeness (QED) is 0.890. The molecule has 2 aromatic rings. The Bertz CT molecular complexity index is 567. The molecule has 0 radical (unpaired) electrons. The Morgan fingerprint density at radius 1 is 1.16 bits per heavy atom. The molecule has 0 aliphatic rings. The molecule has 6 heteroatoms. The Labute approximate surface area is 126 Å². The van der Waals surface area contributed by atoms with E-state index in [0.29, 0.717) is 27.4 Å². The maximum atomic E-state index is 6.04. The second-order valence-corrected chi connectivity index (χ2v) is 5.04. The lowest BCUT2D eigenvalue weighted by atomic mass is 10.2. The molecule has 100 valence electrons. The van der Waals surface area contributed by atoms with Gasteiger partial charge in [-0.1, -0.05) is 34.8 Å². The van der Waals surface area contributed by atoms with Crippen LogP contribution < -0.4 is 10.1 Å². The molecule has 0 bridgehead atoms. The number of anilines is 1. The number of nitrogens with zero attached hydrogens (tertiary/aromatic N) is 1. The van der Waals surface area contributed by atoms with E-state index in [0.717, 1.165) is 11.4 Å². The molecule has 1 aromatic carbocycles. The SMILES string of the molecule is CNc1cc(COc2c(Cl)cc(Cl)cc2Cl)ccn1. The van der Waals surface area contributed by atoms with Gasteiger partial charge in [0.15, 0.2) is 5.75 Å². The van der Waals surface area contributed by atoms with Crippen molar-refractivity contribution in [2.24, 2.45) is 0 Å². The van der Waals surface area contributed by atoms with Gasteiger partial charge in [-0.15, -0.1) is 0 Å². The highest BCUT2D eigenvalue weighted by atomic mass is 35.5. The lowest BCUT2D eigenvalue weighted by Gasteiger charge is -2.11. The van der Waals surface area contributed by atoms with Gasteiger partial charge in [-0.3, -0.25) is 0 Å². The smallest absolute Gasteiger partial charge is 0.157 e. The number of nitrogens with one attached hydrogen (secondary N) is 1. The molecule has 1 N–H and O–H groups in total. The highest BCUT2D eigenvalue weighted by Gasteiger charge is 2.09. The average molecular weight is 318 g/mol. The van der Waals surface area contributed by atoms with Crippen LogP contribution in [0.25, 0.3) is 0 Å². The Balaban J connectivity index is 2.14. The fourth-order valence-electron chi connectivity index (χ4n) is 1.52. The minimum atomic E-state index is 0.346. The molecule has 19 heavy (non-hydrogen) atoms. The first-order valence-electron chi connectivity index (χ1n) is 5.50. The van der Waals surface area contributed by atoms with E-state index in [1.807, 2.05) is 12.1 Å². The van der Waals surface area contributed by atoms with Gasteiger partial charge in [0.05, 0.1) is 10.0 Å². The van der Waals surface area contributed by atoms with Gasteiger partial charge in [0.25, 0.3) is 0 Å². The molecule has 0 saturated carbocycles. The fourth-order valence-corrected chi connectivity index (χ4v) is 2.45. The van der Waals surface area contributed by atoms with Gasteiger partial charge < -0.3 is 10.1 Å². The zero-order valence-corrected chi connectivity index (χ0v) is 12.4. The van der Waals surface area contributed by atoms with Gasteiger partial charge in [0, 0.05) is 18.3 Å². The summed E-state index contributed by atoms with van der Waals surface area (Å²) in [6.45, 7) is 0.346. The molecule has 0 amide bonds. The van der Waals surface area contributed by atoms with Crippen molar-refractivity contribution in [3.63, 3.8) is 0 Å². The predicted molar refractivity (Wildman–Crippen MR) is 79.6 cm³/mol. The van der Waals surface area contributed by atoms with E-state index >= 15 is 0 Å². The molecule has 1 aromatic heterocycles. The van der Waals surface area contributed by atoms with E-state index in [2.05, 4.69) is 10.3 Å². The number of pyridine rings is 1. The van der Waals surface area contributed by atoms with Gasteiger partial charge in [0.2, 0.25) is 0 Å².